The highest BCUT2D eigenvalue weighted by molar-refractivity contribution is 9.10. The number of carbonyl (C=O) groups excluding carboxylic acids is 1. The molecule has 4 rings (SSSR count). The molecule has 0 fully saturated rings. The van der Waals surface area contributed by atoms with E-state index in [0.717, 1.165) is 21.2 Å². The van der Waals surface area contributed by atoms with Crippen molar-refractivity contribution in [3.05, 3.63) is 87.0 Å². The molecular weight excluding hydrogens is 506 g/mol. The third kappa shape index (κ3) is 4.87. The van der Waals surface area contributed by atoms with E-state index in [4.69, 9.17) is 4.98 Å². The number of fused-ring (bicyclic) bond motifs is 1. The monoisotopic (exact) mass is 525 g/mol. The number of thioether (sulfide) groups is 1. The minimum absolute atomic E-state index is 0.123. The Hall–Kier alpha value is -2.68. The van der Waals surface area contributed by atoms with Gasteiger partial charge in [-0.3, -0.25) is 14.2 Å². The minimum Gasteiger partial charge on any atom is -0.325 e. The number of benzene rings is 2. The Morgan fingerprint density at radius 1 is 1.22 bits per heavy atom. The number of anilines is 1. The number of nitrogens with one attached hydrogen (secondary N) is 1. The second-order valence-electron chi connectivity index (χ2n) is 7.14. The van der Waals surface area contributed by atoms with Gasteiger partial charge in [-0.05, 0) is 36.8 Å². The van der Waals surface area contributed by atoms with Gasteiger partial charge in [0.2, 0.25) is 5.91 Å². The van der Waals surface area contributed by atoms with Crippen molar-refractivity contribution < 1.29 is 4.79 Å². The van der Waals surface area contributed by atoms with Crippen molar-refractivity contribution in [1.29, 1.82) is 0 Å². The topological polar surface area (TPSA) is 64.0 Å². The summed E-state index contributed by atoms with van der Waals surface area (Å²) in [7, 11) is 0. The van der Waals surface area contributed by atoms with Crippen LogP contribution >= 0.6 is 39.0 Å². The van der Waals surface area contributed by atoms with Crippen LogP contribution in [0.4, 0.5) is 5.69 Å². The molecule has 4 aromatic rings. The van der Waals surface area contributed by atoms with Crippen LogP contribution in [0.5, 0.6) is 0 Å². The Balaban J connectivity index is 1.63. The van der Waals surface area contributed by atoms with E-state index in [2.05, 4.69) is 27.8 Å². The summed E-state index contributed by atoms with van der Waals surface area (Å²) in [5.41, 5.74) is 3.62. The Labute approximate surface area is 202 Å². The lowest BCUT2D eigenvalue weighted by molar-refractivity contribution is -0.113. The van der Waals surface area contributed by atoms with Crippen LogP contribution in [-0.4, -0.2) is 21.2 Å². The van der Waals surface area contributed by atoms with Gasteiger partial charge in [-0.1, -0.05) is 63.6 Å². The number of nitrogens with zero attached hydrogens (tertiary/aromatic N) is 2. The lowest BCUT2D eigenvalue weighted by Gasteiger charge is -2.11. The van der Waals surface area contributed by atoms with Gasteiger partial charge >= 0.3 is 0 Å². The first-order valence-corrected chi connectivity index (χ1v) is 12.5. The number of allylic oxidation sites excluding steroid dienone is 1. The molecule has 162 valence electrons. The Morgan fingerprint density at radius 2 is 1.94 bits per heavy atom. The van der Waals surface area contributed by atoms with Crippen LogP contribution in [0.25, 0.3) is 21.3 Å². The third-order valence-electron chi connectivity index (χ3n) is 4.79. The van der Waals surface area contributed by atoms with Crippen molar-refractivity contribution >= 4 is 60.8 Å². The zero-order valence-electron chi connectivity index (χ0n) is 17.3. The van der Waals surface area contributed by atoms with Crippen molar-refractivity contribution in [3.8, 4) is 11.1 Å². The van der Waals surface area contributed by atoms with Gasteiger partial charge in [0, 0.05) is 27.6 Å². The maximum atomic E-state index is 13.4. The molecule has 0 aliphatic carbocycles. The number of carbonyl (C=O) groups is 1. The van der Waals surface area contributed by atoms with Crippen molar-refractivity contribution in [2.45, 2.75) is 18.6 Å². The molecule has 1 amide bonds. The molecular formula is C24H20BrN3O2S2. The van der Waals surface area contributed by atoms with Crippen LogP contribution in [-0.2, 0) is 11.3 Å². The summed E-state index contributed by atoms with van der Waals surface area (Å²) in [6.07, 6.45) is 1.67. The highest BCUT2D eigenvalue weighted by Gasteiger charge is 2.18. The van der Waals surface area contributed by atoms with Crippen molar-refractivity contribution in [1.82, 2.24) is 9.55 Å². The predicted octanol–water partition coefficient (Wildman–Crippen LogP) is 6.11. The summed E-state index contributed by atoms with van der Waals surface area (Å²) in [5.74, 6) is -0.0233. The first-order valence-electron chi connectivity index (χ1n) is 9.84. The van der Waals surface area contributed by atoms with Crippen molar-refractivity contribution in [2.75, 3.05) is 11.1 Å². The zero-order valence-corrected chi connectivity index (χ0v) is 20.5. The lowest BCUT2D eigenvalue weighted by Crippen LogP contribution is -2.23. The number of hydrogen-bond donors (Lipinski definition) is 1. The number of thiophene rings is 1. The van der Waals surface area contributed by atoms with Crippen LogP contribution in [0.15, 0.2) is 81.0 Å². The molecule has 32 heavy (non-hydrogen) atoms. The summed E-state index contributed by atoms with van der Waals surface area (Å²) in [5, 5.41) is 5.93. The molecule has 5 nitrogen and oxygen atoms in total. The molecule has 2 heterocycles. The molecule has 0 saturated carbocycles. The third-order valence-corrected chi connectivity index (χ3v) is 7.17. The fourth-order valence-electron chi connectivity index (χ4n) is 3.21. The molecule has 0 aliphatic heterocycles. The largest absolute Gasteiger partial charge is 0.325 e. The van der Waals surface area contributed by atoms with E-state index in [-0.39, 0.29) is 17.2 Å². The standard InChI is InChI=1S/C24H20BrN3O2S2/c1-3-12-28-23(30)21-19(16-6-4-15(2)5-7-16)13-31-22(21)27-24(28)32-14-20(29)26-18-10-8-17(25)9-11-18/h3-11,13H,1,12,14H2,2H3,(H,26,29). The minimum atomic E-state index is -0.164. The fourth-order valence-corrected chi connectivity index (χ4v) is 5.27. The van der Waals surface area contributed by atoms with E-state index in [0.29, 0.717) is 27.6 Å². The summed E-state index contributed by atoms with van der Waals surface area (Å²) < 4.78 is 2.52. The molecule has 1 N–H and O–H groups in total. The molecule has 8 heteroatoms. The quantitative estimate of drug-likeness (QED) is 0.179. The van der Waals surface area contributed by atoms with E-state index < -0.39 is 0 Å². The van der Waals surface area contributed by atoms with Gasteiger partial charge < -0.3 is 5.32 Å². The summed E-state index contributed by atoms with van der Waals surface area (Å²) in [6, 6.07) is 15.5. The Morgan fingerprint density at radius 3 is 2.62 bits per heavy atom. The van der Waals surface area contributed by atoms with E-state index in [1.165, 1.54) is 23.1 Å². The van der Waals surface area contributed by atoms with Crippen LogP contribution in [0, 0.1) is 6.92 Å². The van der Waals surface area contributed by atoms with E-state index in [9.17, 15) is 9.59 Å². The molecule has 0 atom stereocenters. The number of rotatable bonds is 7. The molecule has 0 unspecified atom stereocenters. The van der Waals surface area contributed by atoms with Crippen LogP contribution in [0.3, 0.4) is 0 Å². The van der Waals surface area contributed by atoms with E-state index >= 15 is 0 Å². The second kappa shape index (κ2) is 9.85. The molecule has 0 aliphatic rings. The molecule has 2 aromatic heterocycles. The SMILES string of the molecule is C=CCn1c(SCC(=O)Nc2ccc(Br)cc2)nc2scc(-c3ccc(C)cc3)c2c1=O. The van der Waals surface area contributed by atoms with Crippen molar-refractivity contribution in [3.63, 3.8) is 0 Å². The van der Waals surface area contributed by atoms with Gasteiger partial charge in [0.15, 0.2) is 5.16 Å². The van der Waals surface area contributed by atoms with Gasteiger partial charge in [0.05, 0.1) is 11.1 Å². The van der Waals surface area contributed by atoms with Gasteiger partial charge in [0.25, 0.3) is 5.56 Å². The highest BCUT2D eigenvalue weighted by Crippen LogP contribution is 2.32. The van der Waals surface area contributed by atoms with Crippen LogP contribution in [0.2, 0.25) is 0 Å². The average Bonchev–Trinajstić information content (AvgIpc) is 3.21. The average molecular weight is 526 g/mol. The van der Waals surface area contributed by atoms with Crippen molar-refractivity contribution in [2.24, 2.45) is 0 Å². The van der Waals surface area contributed by atoms with Crippen LogP contribution in [0.1, 0.15) is 5.56 Å². The van der Waals surface area contributed by atoms with Gasteiger partial charge in [-0.2, -0.15) is 0 Å². The normalized spacial score (nSPS) is 10.9. The number of amides is 1. The highest BCUT2D eigenvalue weighted by atomic mass is 79.9. The first-order chi connectivity index (χ1) is 15.5. The summed E-state index contributed by atoms with van der Waals surface area (Å²) in [6.45, 7) is 6.13. The summed E-state index contributed by atoms with van der Waals surface area (Å²) >= 11 is 6.06. The van der Waals surface area contributed by atoms with E-state index in [1.54, 1.807) is 10.6 Å². The first kappa shape index (κ1) is 22.5. The summed E-state index contributed by atoms with van der Waals surface area (Å²) in [4.78, 5) is 31.2. The number of halogens is 1. The number of hydrogen-bond acceptors (Lipinski definition) is 5. The van der Waals surface area contributed by atoms with E-state index in [1.807, 2.05) is 60.8 Å². The zero-order chi connectivity index (χ0) is 22.7. The van der Waals surface area contributed by atoms with Gasteiger partial charge in [0.1, 0.15) is 4.83 Å². The second-order valence-corrected chi connectivity index (χ2v) is 9.85. The molecule has 0 saturated heterocycles. The molecule has 2 aromatic carbocycles. The molecule has 0 bridgehead atoms. The fraction of sp³-hybridized carbons (Fsp3) is 0.125. The lowest BCUT2D eigenvalue weighted by atomic mass is 10.1. The molecule has 0 radical (unpaired) electrons. The van der Waals surface area contributed by atoms with Gasteiger partial charge in [-0.25, -0.2) is 4.98 Å². The van der Waals surface area contributed by atoms with Crippen LogP contribution < -0.4 is 10.9 Å². The maximum Gasteiger partial charge on any atom is 0.263 e. The van der Waals surface area contributed by atoms with Gasteiger partial charge in [-0.15, -0.1) is 17.9 Å². The number of aryl methyl sites for hydroxylation is 1. The smallest absolute Gasteiger partial charge is 0.263 e. The Bertz CT molecular complexity index is 1340. The maximum absolute atomic E-state index is 13.4. The predicted molar refractivity (Wildman–Crippen MR) is 138 cm³/mol. The Kier molecular flexibility index (Phi) is 6.93. The molecule has 0 spiro atoms. The number of aromatic nitrogens is 2.